The zero-order valence-corrected chi connectivity index (χ0v) is 11.8. The first-order valence-corrected chi connectivity index (χ1v) is 6.43. The van der Waals surface area contributed by atoms with Crippen LogP contribution in [0, 0.1) is 5.82 Å². The van der Waals surface area contributed by atoms with E-state index in [0.29, 0.717) is 10.0 Å². The molecule has 0 unspecified atom stereocenters. The Kier molecular flexibility index (Phi) is 4.19. The number of hydrogen-bond donors (Lipinski definition) is 2. The topological polar surface area (TPSA) is 80.6 Å². The van der Waals surface area contributed by atoms with Crippen LogP contribution in [-0.2, 0) is 6.54 Å². The van der Waals surface area contributed by atoms with Crippen LogP contribution >= 0.6 is 15.9 Å². The molecule has 1 aromatic heterocycles. The van der Waals surface area contributed by atoms with Gasteiger partial charge in [-0.2, -0.15) is 0 Å². The molecule has 0 radical (unpaired) electrons. The van der Waals surface area contributed by atoms with E-state index in [4.69, 9.17) is 10.9 Å². The molecule has 0 saturated carbocycles. The van der Waals surface area contributed by atoms with Crippen LogP contribution in [0.25, 0.3) is 0 Å². The summed E-state index contributed by atoms with van der Waals surface area (Å²) in [6, 6.07) is 7.62. The number of nitrogens with two attached hydrogens (primary N) is 1. The Hall–Kier alpha value is -2.15. The summed E-state index contributed by atoms with van der Waals surface area (Å²) in [7, 11) is 0. The number of oxime groups is 1. The standard InChI is InChI=1S/C13H11BrFN3O2/c14-9-4-3-8(11(15)6-9)7-18-5-1-2-10(13(18)19)12(16)17-20/h1-6,20H,7H2,(H2,16,17). The van der Waals surface area contributed by atoms with Crippen LogP contribution < -0.4 is 11.3 Å². The molecule has 20 heavy (non-hydrogen) atoms. The van der Waals surface area contributed by atoms with Crippen molar-refractivity contribution in [3.05, 3.63) is 68.3 Å². The Morgan fingerprint density at radius 3 is 2.85 bits per heavy atom. The number of rotatable bonds is 3. The van der Waals surface area contributed by atoms with Crippen molar-refractivity contribution < 1.29 is 9.60 Å². The van der Waals surface area contributed by atoms with Gasteiger partial charge in [0.15, 0.2) is 5.84 Å². The zero-order chi connectivity index (χ0) is 14.7. The molecule has 0 fully saturated rings. The number of aromatic nitrogens is 1. The molecule has 104 valence electrons. The van der Waals surface area contributed by atoms with Crippen LogP contribution in [0.4, 0.5) is 4.39 Å². The lowest BCUT2D eigenvalue weighted by molar-refractivity contribution is 0.318. The summed E-state index contributed by atoms with van der Waals surface area (Å²) in [5.41, 5.74) is 5.39. The van der Waals surface area contributed by atoms with Crippen molar-refractivity contribution in [3.63, 3.8) is 0 Å². The normalized spacial score (nSPS) is 11.6. The van der Waals surface area contributed by atoms with E-state index >= 15 is 0 Å². The van der Waals surface area contributed by atoms with Gasteiger partial charge < -0.3 is 15.5 Å². The summed E-state index contributed by atoms with van der Waals surface area (Å²) in [4.78, 5) is 12.1. The minimum atomic E-state index is -0.454. The lowest BCUT2D eigenvalue weighted by Crippen LogP contribution is -2.30. The molecule has 7 heteroatoms. The molecule has 0 aliphatic rings. The van der Waals surface area contributed by atoms with Crippen LogP contribution in [0.3, 0.4) is 0 Å². The smallest absolute Gasteiger partial charge is 0.261 e. The van der Waals surface area contributed by atoms with E-state index < -0.39 is 11.4 Å². The first-order chi connectivity index (χ1) is 9.52. The van der Waals surface area contributed by atoms with Gasteiger partial charge in [-0.1, -0.05) is 27.2 Å². The average Bonchev–Trinajstić information content (AvgIpc) is 2.43. The zero-order valence-electron chi connectivity index (χ0n) is 10.3. The maximum atomic E-state index is 13.8. The molecule has 0 bridgehead atoms. The predicted octanol–water partition coefficient (Wildman–Crippen LogP) is 1.89. The first-order valence-electron chi connectivity index (χ1n) is 5.64. The molecule has 1 heterocycles. The van der Waals surface area contributed by atoms with Crippen molar-refractivity contribution in [2.45, 2.75) is 6.54 Å². The summed E-state index contributed by atoms with van der Waals surface area (Å²) < 4.78 is 15.7. The fraction of sp³-hybridized carbons (Fsp3) is 0.0769. The van der Waals surface area contributed by atoms with Crippen LogP contribution in [0.1, 0.15) is 11.1 Å². The van der Waals surface area contributed by atoms with Gasteiger partial charge in [-0.25, -0.2) is 4.39 Å². The van der Waals surface area contributed by atoms with E-state index in [-0.39, 0.29) is 17.9 Å². The number of pyridine rings is 1. The number of halogens is 2. The molecule has 1 aromatic carbocycles. The molecule has 0 amide bonds. The summed E-state index contributed by atoms with van der Waals surface area (Å²) in [6.45, 7) is 0.0600. The van der Waals surface area contributed by atoms with E-state index in [1.165, 1.54) is 22.9 Å². The Balaban J connectivity index is 2.42. The second kappa shape index (κ2) is 5.87. The quantitative estimate of drug-likeness (QED) is 0.388. The predicted molar refractivity (Wildman–Crippen MR) is 76.4 cm³/mol. The average molecular weight is 340 g/mol. The molecular formula is C13H11BrFN3O2. The summed E-state index contributed by atoms with van der Waals surface area (Å²) in [5.74, 6) is -0.693. The highest BCUT2D eigenvalue weighted by Crippen LogP contribution is 2.15. The molecule has 0 spiro atoms. The van der Waals surface area contributed by atoms with Gasteiger partial charge in [0.05, 0.1) is 12.1 Å². The molecule has 0 atom stereocenters. The van der Waals surface area contributed by atoms with Crippen molar-refractivity contribution in [2.24, 2.45) is 10.9 Å². The van der Waals surface area contributed by atoms with Crippen molar-refractivity contribution in [1.29, 1.82) is 0 Å². The van der Waals surface area contributed by atoms with Gasteiger partial charge in [0.2, 0.25) is 0 Å². The largest absolute Gasteiger partial charge is 0.409 e. The Labute approximate surface area is 122 Å². The summed E-state index contributed by atoms with van der Waals surface area (Å²) in [6.07, 6.45) is 1.51. The summed E-state index contributed by atoms with van der Waals surface area (Å²) >= 11 is 3.17. The minimum Gasteiger partial charge on any atom is -0.409 e. The molecule has 0 aliphatic heterocycles. The van der Waals surface area contributed by atoms with Crippen LogP contribution in [0.15, 0.2) is 51.0 Å². The SMILES string of the molecule is N/C(=N/O)c1cccn(Cc2ccc(Br)cc2F)c1=O. The van der Waals surface area contributed by atoms with Crippen molar-refractivity contribution in [3.8, 4) is 0 Å². The van der Waals surface area contributed by atoms with Gasteiger partial charge >= 0.3 is 0 Å². The van der Waals surface area contributed by atoms with Gasteiger partial charge in [0.25, 0.3) is 5.56 Å². The van der Waals surface area contributed by atoms with Gasteiger partial charge in [-0.3, -0.25) is 4.79 Å². The third-order valence-electron chi connectivity index (χ3n) is 2.76. The number of amidine groups is 1. The second-order valence-corrected chi connectivity index (χ2v) is 4.99. The van der Waals surface area contributed by atoms with Crippen LogP contribution in [-0.4, -0.2) is 15.6 Å². The summed E-state index contributed by atoms with van der Waals surface area (Å²) in [5, 5.41) is 11.4. The number of nitrogens with zero attached hydrogens (tertiary/aromatic N) is 2. The highest BCUT2D eigenvalue weighted by atomic mass is 79.9. The van der Waals surface area contributed by atoms with E-state index in [1.807, 2.05) is 0 Å². The third kappa shape index (κ3) is 2.88. The Morgan fingerprint density at radius 2 is 2.20 bits per heavy atom. The van der Waals surface area contributed by atoms with Crippen molar-refractivity contribution >= 4 is 21.8 Å². The van der Waals surface area contributed by atoms with E-state index in [2.05, 4.69) is 21.1 Å². The fourth-order valence-corrected chi connectivity index (χ4v) is 2.08. The highest BCUT2D eigenvalue weighted by molar-refractivity contribution is 9.10. The van der Waals surface area contributed by atoms with Gasteiger partial charge in [-0.05, 0) is 24.3 Å². The van der Waals surface area contributed by atoms with Gasteiger partial charge in [0, 0.05) is 16.2 Å². The molecule has 0 aliphatic carbocycles. The van der Waals surface area contributed by atoms with Gasteiger partial charge in [-0.15, -0.1) is 0 Å². The highest BCUT2D eigenvalue weighted by Gasteiger charge is 2.09. The molecule has 5 nitrogen and oxygen atoms in total. The Morgan fingerprint density at radius 1 is 1.45 bits per heavy atom. The minimum absolute atomic E-state index is 0.0600. The fourth-order valence-electron chi connectivity index (χ4n) is 1.74. The van der Waals surface area contributed by atoms with E-state index in [9.17, 15) is 9.18 Å². The maximum Gasteiger partial charge on any atom is 0.261 e. The number of hydrogen-bond acceptors (Lipinski definition) is 3. The second-order valence-electron chi connectivity index (χ2n) is 4.08. The lowest BCUT2D eigenvalue weighted by Gasteiger charge is -2.08. The van der Waals surface area contributed by atoms with E-state index in [1.54, 1.807) is 18.2 Å². The molecule has 0 saturated heterocycles. The van der Waals surface area contributed by atoms with E-state index in [0.717, 1.165) is 0 Å². The van der Waals surface area contributed by atoms with Crippen LogP contribution in [0.5, 0.6) is 0 Å². The third-order valence-corrected chi connectivity index (χ3v) is 3.25. The monoisotopic (exact) mass is 339 g/mol. The molecule has 3 N–H and O–H groups in total. The number of benzene rings is 1. The van der Waals surface area contributed by atoms with Gasteiger partial charge in [0.1, 0.15) is 5.82 Å². The first kappa shape index (κ1) is 14.3. The lowest BCUT2D eigenvalue weighted by atomic mass is 10.2. The molecular weight excluding hydrogens is 329 g/mol. The Bertz CT molecular complexity index is 728. The van der Waals surface area contributed by atoms with Crippen LogP contribution in [0.2, 0.25) is 0 Å². The van der Waals surface area contributed by atoms with Crippen molar-refractivity contribution in [1.82, 2.24) is 4.57 Å². The molecule has 2 rings (SSSR count). The van der Waals surface area contributed by atoms with Crippen molar-refractivity contribution in [2.75, 3.05) is 0 Å². The molecule has 2 aromatic rings. The maximum absolute atomic E-state index is 13.8.